The summed E-state index contributed by atoms with van der Waals surface area (Å²) < 4.78 is 0. The zero-order valence-electron chi connectivity index (χ0n) is 29.1. The Morgan fingerprint density at radius 2 is 1.40 bits per heavy atom. The van der Waals surface area contributed by atoms with E-state index in [0.717, 1.165) is 17.9 Å². The summed E-state index contributed by atoms with van der Waals surface area (Å²) in [6.07, 6.45) is 14.7. The molecule has 2 rings (SSSR count). The van der Waals surface area contributed by atoms with Gasteiger partial charge in [-0.15, -0.1) is 25.5 Å². The average Bonchev–Trinajstić information content (AvgIpc) is 2.95. The molecule has 0 aliphatic heterocycles. The van der Waals surface area contributed by atoms with Crippen molar-refractivity contribution in [2.45, 2.75) is 134 Å². The van der Waals surface area contributed by atoms with Crippen LogP contribution in [0.2, 0.25) is 0 Å². The van der Waals surface area contributed by atoms with E-state index in [9.17, 15) is 0 Å². The molecule has 40 heavy (non-hydrogen) atoms. The summed E-state index contributed by atoms with van der Waals surface area (Å²) in [5.41, 5.74) is 6.85. The Morgan fingerprint density at radius 3 is 1.82 bits per heavy atom. The highest BCUT2D eigenvalue weighted by Crippen LogP contribution is 2.26. The van der Waals surface area contributed by atoms with Gasteiger partial charge in [0.2, 0.25) is 0 Å². The molecular formula is C40H68. The van der Waals surface area contributed by atoms with Crippen molar-refractivity contribution >= 4 is 5.57 Å². The molecule has 2 aromatic carbocycles. The summed E-state index contributed by atoms with van der Waals surface area (Å²) in [5, 5.41) is 0. The van der Waals surface area contributed by atoms with Gasteiger partial charge in [0.1, 0.15) is 0 Å². The molecule has 0 aliphatic carbocycles. The highest BCUT2D eigenvalue weighted by atomic mass is 14.1. The third kappa shape index (κ3) is 30.0. The summed E-state index contributed by atoms with van der Waals surface area (Å²) in [5.74, 6) is 3.44. The van der Waals surface area contributed by atoms with Gasteiger partial charge in [-0.25, -0.2) is 0 Å². The van der Waals surface area contributed by atoms with Crippen molar-refractivity contribution in [3.63, 3.8) is 0 Å². The van der Waals surface area contributed by atoms with Gasteiger partial charge in [0.05, 0.1) is 0 Å². The number of unbranched alkanes of at least 4 members (excludes halogenated alkanes) is 2. The first-order chi connectivity index (χ1) is 18.9. The molecule has 0 N–H and O–H groups in total. The van der Waals surface area contributed by atoms with E-state index in [1.165, 1.54) is 67.2 Å². The maximum atomic E-state index is 5.08. The van der Waals surface area contributed by atoms with Crippen LogP contribution in [0.4, 0.5) is 0 Å². The molecule has 0 fully saturated rings. The number of aryl methyl sites for hydroxylation is 2. The van der Waals surface area contributed by atoms with Gasteiger partial charge < -0.3 is 0 Å². The van der Waals surface area contributed by atoms with Gasteiger partial charge >= 0.3 is 0 Å². The third-order valence-corrected chi connectivity index (χ3v) is 5.30. The topological polar surface area (TPSA) is 0 Å². The predicted molar refractivity (Wildman–Crippen MR) is 190 cm³/mol. The van der Waals surface area contributed by atoms with Crippen LogP contribution in [0.5, 0.6) is 0 Å². The largest absolute Gasteiger partial charge is 0.120 e. The monoisotopic (exact) mass is 549 g/mol. The van der Waals surface area contributed by atoms with Crippen LogP contribution < -0.4 is 0 Å². The fourth-order valence-corrected chi connectivity index (χ4v) is 3.06. The van der Waals surface area contributed by atoms with E-state index >= 15 is 0 Å². The smallest absolute Gasteiger partial charge is 0.00885 e. The molecule has 0 heterocycles. The summed E-state index contributed by atoms with van der Waals surface area (Å²) in [4.78, 5) is 0. The molecule has 2 aromatic rings. The second kappa shape index (κ2) is 31.0. The Balaban J connectivity index is -0.000000268. The van der Waals surface area contributed by atoms with Crippen LogP contribution in [0.25, 0.3) is 5.57 Å². The molecule has 0 amide bonds. The fourth-order valence-electron chi connectivity index (χ4n) is 3.06. The molecule has 228 valence electrons. The summed E-state index contributed by atoms with van der Waals surface area (Å²) in [6.45, 7) is 36.1. The SMILES string of the molecule is C#CCCC(C)CC.C=C.C=C(c1ccccc1)c1cc(CCCCC)ccc1C.CC.CC(C)(C)C.CCC. The number of rotatable bonds is 9. The zero-order chi connectivity index (χ0) is 32.0. The Labute approximate surface area is 253 Å². The summed E-state index contributed by atoms with van der Waals surface area (Å²) >= 11 is 0. The predicted octanol–water partition coefficient (Wildman–Crippen LogP) is 13.5. The Morgan fingerprint density at radius 1 is 0.900 bits per heavy atom. The lowest BCUT2D eigenvalue weighted by Gasteiger charge is -2.12. The molecule has 0 spiro atoms. The normalized spacial score (nSPS) is 9.97. The molecule has 0 heteroatoms. The van der Waals surface area contributed by atoms with Gasteiger partial charge in [0.15, 0.2) is 0 Å². The van der Waals surface area contributed by atoms with Crippen molar-refractivity contribution in [1.29, 1.82) is 0 Å². The number of hydrogen-bond acceptors (Lipinski definition) is 0. The Kier molecular flexibility index (Phi) is 34.5. The highest BCUT2D eigenvalue weighted by Gasteiger charge is 2.06. The van der Waals surface area contributed by atoms with Gasteiger partial charge in [-0.3, -0.25) is 0 Å². The van der Waals surface area contributed by atoms with E-state index in [4.69, 9.17) is 6.42 Å². The summed E-state index contributed by atoms with van der Waals surface area (Å²) in [7, 11) is 0. The fraction of sp³-hybridized carbons (Fsp3) is 0.550. The molecule has 1 atom stereocenters. The lowest BCUT2D eigenvalue weighted by molar-refractivity contribution is 0.469. The quantitative estimate of drug-likeness (QED) is 0.166. The zero-order valence-corrected chi connectivity index (χ0v) is 29.1. The van der Waals surface area contributed by atoms with Gasteiger partial charge in [-0.2, -0.15) is 0 Å². The van der Waals surface area contributed by atoms with E-state index in [0.29, 0.717) is 5.41 Å². The van der Waals surface area contributed by atoms with Crippen LogP contribution >= 0.6 is 0 Å². The van der Waals surface area contributed by atoms with Crippen molar-refractivity contribution in [2.24, 2.45) is 11.3 Å². The Hall–Kier alpha value is -2.52. The van der Waals surface area contributed by atoms with E-state index in [1.807, 2.05) is 19.9 Å². The van der Waals surface area contributed by atoms with Crippen LogP contribution in [-0.2, 0) is 6.42 Å². The standard InChI is InChI=1S/C20H24.C8H14.C5H12.C3H8.C2H6.C2H4/c1-4-5-7-10-18-14-13-16(2)20(15-18)17(3)19-11-8-6-9-12-19;1-4-6-7-8(3)5-2;1-5(2,3)4;1-3-2;2*1-2/h6,8-9,11-15H,3-5,7,10H2,1-2H3;1,8H,5-7H2,2-3H3;1-4H3;3H2,1-2H3;1-2H3;1-2H2. The second-order valence-corrected chi connectivity index (χ2v) is 11.4. The molecular weight excluding hydrogens is 480 g/mol. The molecule has 0 aromatic heterocycles. The van der Waals surface area contributed by atoms with Crippen LogP contribution in [0, 0.1) is 30.6 Å². The van der Waals surface area contributed by atoms with E-state index in [1.54, 1.807) is 0 Å². The van der Waals surface area contributed by atoms with E-state index < -0.39 is 0 Å². The van der Waals surface area contributed by atoms with Crippen molar-refractivity contribution in [3.8, 4) is 12.3 Å². The first kappa shape index (κ1) is 44.5. The van der Waals surface area contributed by atoms with Crippen molar-refractivity contribution in [3.05, 3.63) is 90.5 Å². The maximum Gasteiger partial charge on any atom is 0.00885 e. The lowest BCUT2D eigenvalue weighted by Crippen LogP contribution is -1.94. The van der Waals surface area contributed by atoms with Crippen molar-refractivity contribution in [1.82, 2.24) is 0 Å². The minimum Gasteiger partial charge on any atom is -0.120 e. The first-order valence-corrected chi connectivity index (χ1v) is 15.7. The molecule has 0 bridgehead atoms. The van der Waals surface area contributed by atoms with Gasteiger partial charge in [-0.05, 0) is 65.3 Å². The molecule has 0 saturated heterocycles. The lowest BCUT2D eigenvalue weighted by atomic mass is 9.93. The van der Waals surface area contributed by atoms with Crippen molar-refractivity contribution < 1.29 is 0 Å². The average molecular weight is 549 g/mol. The number of hydrogen-bond donors (Lipinski definition) is 0. The highest BCUT2D eigenvalue weighted by molar-refractivity contribution is 5.79. The van der Waals surface area contributed by atoms with Gasteiger partial charge in [0.25, 0.3) is 0 Å². The van der Waals surface area contributed by atoms with E-state index in [-0.39, 0.29) is 0 Å². The second-order valence-electron chi connectivity index (χ2n) is 11.4. The molecule has 1 unspecified atom stereocenters. The molecule has 0 radical (unpaired) electrons. The van der Waals surface area contributed by atoms with Crippen molar-refractivity contribution in [2.75, 3.05) is 0 Å². The molecule has 0 nitrogen and oxygen atoms in total. The number of benzene rings is 2. The molecule has 0 aliphatic rings. The van der Waals surface area contributed by atoms with Crippen LogP contribution in [0.1, 0.15) is 143 Å². The van der Waals surface area contributed by atoms with Gasteiger partial charge in [0, 0.05) is 6.42 Å². The van der Waals surface area contributed by atoms with Crippen LogP contribution in [0.3, 0.4) is 0 Å². The first-order valence-electron chi connectivity index (χ1n) is 15.7. The molecule has 0 saturated carbocycles. The maximum absolute atomic E-state index is 5.08. The summed E-state index contributed by atoms with van der Waals surface area (Å²) in [6, 6.07) is 17.3. The minimum absolute atomic E-state index is 0.500. The number of terminal acetylenes is 1. The van der Waals surface area contributed by atoms with Crippen LogP contribution in [-0.4, -0.2) is 0 Å². The Bertz CT molecular complexity index is 836. The van der Waals surface area contributed by atoms with Crippen LogP contribution in [0.15, 0.2) is 68.3 Å². The van der Waals surface area contributed by atoms with Gasteiger partial charge in [-0.1, -0.05) is 157 Å². The minimum atomic E-state index is 0.500. The van der Waals surface area contributed by atoms with E-state index in [2.05, 4.69) is 137 Å². The third-order valence-electron chi connectivity index (χ3n) is 5.30.